The van der Waals surface area contributed by atoms with E-state index in [2.05, 4.69) is 49.0 Å². The second-order valence-electron chi connectivity index (χ2n) is 4.19. The number of hydrazone groups is 1. The Hall–Kier alpha value is -0.880. The van der Waals surface area contributed by atoms with Gasteiger partial charge >= 0.3 is 0 Å². The van der Waals surface area contributed by atoms with E-state index in [-0.39, 0.29) is 17.1 Å². The first-order valence-corrected chi connectivity index (χ1v) is 8.83. The third-order valence-electron chi connectivity index (χ3n) is 2.63. The van der Waals surface area contributed by atoms with Crippen molar-refractivity contribution in [3.63, 3.8) is 0 Å². The maximum absolute atomic E-state index is 12.0. The monoisotopic (exact) mass is 586 g/mol. The molecule has 1 amide bonds. The molecule has 0 saturated carbocycles. The first-order chi connectivity index (χ1) is 10.4. The third-order valence-corrected chi connectivity index (χ3v) is 4.57. The molecule has 22 heavy (non-hydrogen) atoms. The summed E-state index contributed by atoms with van der Waals surface area (Å²) in [6, 6.07) is 8.10. The van der Waals surface area contributed by atoms with Gasteiger partial charge in [0.25, 0.3) is 5.91 Å². The summed E-state index contributed by atoms with van der Waals surface area (Å²) in [4.78, 5) is 12.0. The van der Waals surface area contributed by atoms with Gasteiger partial charge in [-0.3, -0.25) is 4.79 Å². The zero-order valence-electron chi connectivity index (χ0n) is 10.8. The number of nitrogens with one attached hydrogen (secondary N) is 1. The lowest BCUT2D eigenvalue weighted by Crippen LogP contribution is -2.17. The molecule has 0 aromatic heterocycles. The van der Waals surface area contributed by atoms with Crippen molar-refractivity contribution >= 4 is 73.2 Å². The number of hydrogen-bond donors (Lipinski definition) is 3. The number of halogens is 3. The molecule has 0 heterocycles. The molecular weight excluding hydrogens is 578 g/mol. The number of hydrogen-bond acceptors (Lipinski definition) is 4. The SMILES string of the molecule is O=C(NN=Cc1cc(I)cc(I)c1O)c1cc(Br)ccc1O. The van der Waals surface area contributed by atoms with Crippen molar-refractivity contribution in [2.45, 2.75) is 0 Å². The van der Waals surface area contributed by atoms with Crippen LogP contribution in [0.5, 0.6) is 11.5 Å². The molecule has 2 rings (SSSR count). The van der Waals surface area contributed by atoms with Crippen LogP contribution < -0.4 is 5.43 Å². The van der Waals surface area contributed by atoms with Crippen LogP contribution in [0.4, 0.5) is 0 Å². The Labute approximate surface area is 162 Å². The molecule has 0 aliphatic carbocycles. The van der Waals surface area contributed by atoms with E-state index in [0.717, 1.165) is 3.57 Å². The summed E-state index contributed by atoms with van der Waals surface area (Å²) < 4.78 is 2.31. The Morgan fingerprint density at radius 1 is 1.23 bits per heavy atom. The molecule has 0 bridgehead atoms. The third kappa shape index (κ3) is 4.32. The van der Waals surface area contributed by atoms with Crippen LogP contribution in [0.3, 0.4) is 0 Å². The molecule has 3 N–H and O–H groups in total. The number of phenols is 2. The van der Waals surface area contributed by atoms with Gasteiger partial charge in [-0.15, -0.1) is 0 Å². The lowest BCUT2D eigenvalue weighted by Gasteiger charge is -2.05. The maximum atomic E-state index is 12.0. The molecule has 0 saturated heterocycles. The van der Waals surface area contributed by atoms with Crippen LogP contribution in [0.2, 0.25) is 0 Å². The van der Waals surface area contributed by atoms with Crippen LogP contribution in [0.25, 0.3) is 0 Å². The molecule has 8 heteroatoms. The zero-order valence-corrected chi connectivity index (χ0v) is 16.7. The number of aromatic hydroxyl groups is 2. The van der Waals surface area contributed by atoms with Gasteiger partial charge in [0.05, 0.1) is 15.3 Å². The predicted octanol–water partition coefficient (Wildman–Crippen LogP) is 3.83. The molecule has 2 aromatic carbocycles. The van der Waals surface area contributed by atoms with E-state index >= 15 is 0 Å². The van der Waals surface area contributed by atoms with E-state index in [9.17, 15) is 15.0 Å². The zero-order chi connectivity index (χ0) is 16.3. The van der Waals surface area contributed by atoms with Gasteiger partial charge < -0.3 is 10.2 Å². The van der Waals surface area contributed by atoms with Gasteiger partial charge in [-0.25, -0.2) is 5.43 Å². The van der Waals surface area contributed by atoms with Crippen molar-refractivity contribution in [2.24, 2.45) is 5.10 Å². The highest BCUT2D eigenvalue weighted by atomic mass is 127. The Kier molecular flexibility index (Phi) is 6.03. The smallest absolute Gasteiger partial charge is 0.275 e. The van der Waals surface area contributed by atoms with Crippen molar-refractivity contribution in [1.82, 2.24) is 5.43 Å². The highest BCUT2D eigenvalue weighted by Gasteiger charge is 2.11. The second kappa shape index (κ2) is 7.59. The predicted molar refractivity (Wildman–Crippen MR) is 104 cm³/mol. The van der Waals surface area contributed by atoms with Crippen LogP contribution in [-0.2, 0) is 0 Å². The Balaban J connectivity index is 2.16. The highest BCUT2D eigenvalue weighted by molar-refractivity contribution is 14.1. The molecule has 0 aliphatic heterocycles. The van der Waals surface area contributed by atoms with Crippen molar-refractivity contribution in [1.29, 1.82) is 0 Å². The van der Waals surface area contributed by atoms with Gasteiger partial charge in [0.1, 0.15) is 11.5 Å². The number of carbonyl (C=O) groups excluding carboxylic acids is 1. The topological polar surface area (TPSA) is 81.9 Å². The quantitative estimate of drug-likeness (QED) is 0.291. The van der Waals surface area contributed by atoms with Gasteiger partial charge in [0.15, 0.2) is 0 Å². The van der Waals surface area contributed by atoms with Crippen molar-refractivity contribution < 1.29 is 15.0 Å². The summed E-state index contributed by atoms with van der Waals surface area (Å²) in [5, 5.41) is 23.4. The molecule has 114 valence electrons. The summed E-state index contributed by atoms with van der Waals surface area (Å²) in [5.74, 6) is -0.582. The van der Waals surface area contributed by atoms with E-state index in [1.165, 1.54) is 18.3 Å². The molecule has 0 unspecified atom stereocenters. The number of carbonyl (C=O) groups is 1. The summed E-state index contributed by atoms with van der Waals surface area (Å²) >= 11 is 7.37. The first kappa shape index (κ1) is 17.5. The summed E-state index contributed by atoms with van der Waals surface area (Å²) in [6.45, 7) is 0. The average Bonchev–Trinajstić information content (AvgIpc) is 2.46. The van der Waals surface area contributed by atoms with Gasteiger partial charge in [0.2, 0.25) is 0 Å². The minimum atomic E-state index is -0.546. The summed E-state index contributed by atoms with van der Waals surface area (Å²) in [7, 11) is 0. The molecule has 0 atom stereocenters. The number of amides is 1. The van der Waals surface area contributed by atoms with E-state index in [1.807, 2.05) is 28.7 Å². The number of rotatable bonds is 3. The second-order valence-corrected chi connectivity index (χ2v) is 7.51. The molecule has 2 aromatic rings. The van der Waals surface area contributed by atoms with Crippen LogP contribution >= 0.6 is 61.1 Å². The average molecular weight is 587 g/mol. The minimum absolute atomic E-state index is 0.101. The fourth-order valence-electron chi connectivity index (χ4n) is 1.60. The normalized spacial score (nSPS) is 10.9. The fourth-order valence-corrected chi connectivity index (χ4v) is 3.85. The van der Waals surface area contributed by atoms with Gasteiger partial charge in [-0.2, -0.15) is 5.10 Å². The summed E-state index contributed by atoms with van der Waals surface area (Å²) in [5.41, 5.74) is 2.92. The van der Waals surface area contributed by atoms with Gasteiger partial charge in [-0.1, -0.05) is 15.9 Å². The van der Waals surface area contributed by atoms with Crippen LogP contribution in [0.15, 0.2) is 39.9 Å². The molecular formula is C14H9BrI2N2O3. The van der Waals surface area contributed by atoms with Crippen LogP contribution in [0, 0.1) is 7.14 Å². The summed E-state index contributed by atoms with van der Waals surface area (Å²) in [6.07, 6.45) is 1.35. The van der Waals surface area contributed by atoms with Crippen LogP contribution in [0.1, 0.15) is 15.9 Å². The van der Waals surface area contributed by atoms with Gasteiger partial charge in [-0.05, 0) is 75.5 Å². The highest BCUT2D eigenvalue weighted by Crippen LogP contribution is 2.25. The van der Waals surface area contributed by atoms with Crippen molar-refractivity contribution in [3.8, 4) is 11.5 Å². The Morgan fingerprint density at radius 3 is 2.68 bits per heavy atom. The number of phenolic OH excluding ortho intramolecular Hbond substituents is 2. The fraction of sp³-hybridized carbons (Fsp3) is 0. The van der Waals surface area contributed by atoms with E-state index in [0.29, 0.717) is 13.6 Å². The molecule has 5 nitrogen and oxygen atoms in total. The Morgan fingerprint density at radius 2 is 1.95 bits per heavy atom. The van der Waals surface area contributed by atoms with Crippen molar-refractivity contribution in [3.05, 3.63) is 53.1 Å². The number of nitrogens with zero attached hydrogens (tertiary/aromatic N) is 1. The van der Waals surface area contributed by atoms with Gasteiger partial charge in [0, 0.05) is 13.6 Å². The lowest BCUT2D eigenvalue weighted by atomic mass is 10.2. The largest absolute Gasteiger partial charge is 0.507 e. The van der Waals surface area contributed by atoms with E-state index < -0.39 is 5.91 Å². The number of benzene rings is 2. The Bertz CT molecular complexity index is 766. The lowest BCUT2D eigenvalue weighted by molar-refractivity contribution is 0.0952. The van der Waals surface area contributed by atoms with Crippen molar-refractivity contribution in [2.75, 3.05) is 0 Å². The molecule has 0 fully saturated rings. The molecule has 0 radical (unpaired) electrons. The molecule has 0 spiro atoms. The molecule has 0 aliphatic rings. The maximum Gasteiger partial charge on any atom is 0.275 e. The first-order valence-electron chi connectivity index (χ1n) is 5.88. The standard InChI is InChI=1S/C14H9BrI2N2O3/c15-8-1-2-12(20)10(4-8)14(22)19-18-6-7-3-9(16)5-11(17)13(7)21/h1-6,20-21H,(H,19,22). The van der Waals surface area contributed by atoms with E-state index in [1.54, 1.807) is 12.1 Å². The van der Waals surface area contributed by atoms with E-state index in [4.69, 9.17) is 0 Å². The van der Waals surface area contributed by atoms with Crippen LogP contribution in [-0.4, -0.2) is 22.3 Å². The minimum Gasteiger partial charge on any atom is -0.507 e.